The fraction of sp³-hybridized carbons (Fsp3) is 0.333. The second-order valence-electron chi connectivity index (χ2n) is 1.89. The highest BCUT2D eigenvalue weighted by molar-refractivity contribution is 7.10. The minimum atomic E-state index is -0.555. The van der Waals surface area contributed by atoms with E-state index in [0.717, 1.165) is 4.88 Å². The maximum absolute atomic E-state index is 12.0. The van der Waals surface area contributed by atoms with Crippen LogP contribution in [0.3, 0.4) is 0 Å². The van der Waals surface area contributed by atoms with Gasteiger partial charge in [-0.3, -0.25) is 0 Å². The Morgan fingerprint density at radius 2 is 2.36 bits per heavy atom. The summed E-state index contributed by atoms with van der Waals surface area (Å²) in [5.41, 5.74) is 5.39. The standard InChI is InChI=1S/C6H7ClFNS.ClH/c7-4-1-2-10-6(4)5(9)3-8;/h1-2,5H,3,9H2;1H/t5-;/m0./s1. The van der Waals surface area contributed by atoms with Crippen LogP contribution < -0.4 is 5.73 Å². The van der Waals surface area contributed by atoms with E-state index in [2.05, 4.69) is 0 Å². The number of rotatable bonds is 2. The van der Waals surface area contributed by atoms with Crippen molar-refractivity contribution in [3.63, 3.8) is 0 Å². The SMILES string of the molecule is Cl.N[C@@H](CF)c1sccc1Cl. The lowest BCUT2D eigenvalue weighted by molar-refractivity contribution is 0.440. The van der Waals surface area contributed by atoms with Gasteiger partial charge >= 0.3 is 0 Å². The summed E-state index contributed by atoms with van der Waals surface area (Å²) in [5, 5.41) is 2.36. The van der Waals surface area contributed by atoms with Crippen LogP contribution in [0.15, 0.2) is 11.4 Å². The van der Waals surface area contributed by atoms with Crippen molar-refractivity contribution in [2.24, 2.45) is 5.73 Å². The van der Waals surface area contributed by atoms with Gasteiger partial charge in [0.2, 0.25) is 0 Å². The van der Waals surface area contributed by atoms with E-state index in [1.54, 1.807) is 11.4 Å². The maximum atomic E-state index is 12.0. The van der Waals surface area contributed by atoms with Gasteiger partial charge in [0.25, 0.3) is 0 Å². The van der Waals surface area contributed by atoms with E-state index in [1.165, 1.54) is 11.3 Å². The fourth-order valence-electron chi connectivity index (χ4n) is 0.640. The molecule has 0 saturated carbocycles. The molecule has 0 unspecified atom stereocenters. The lowest BCUT2D eigenvalue weighted by Gasteiger charge is -2.02. The van der Waals surface area contributed by atoms with Crippen molar-refractivity contribution < 1.29 is 4.39 Å². The van der Waals surface area contributed by atoms with Crippen molar-refractivity contribution >= 4 is 35.3 Å². The molecular weight excluding hydrogens is 208 g/mol. The first-order chi connectivity index (χ1) is 4.75. The van der Waals surface area contributed by atoms with Crippen LogP contribution in [0.1, 0.15) is 10.9 Å². The molecule has 5 heteroatoms. The average molecular weight is 216 g/mol. The van der Waals surface area contributed by atoms with Crippen LogP contribution in [-0.4, -0.2) is 6.67 Å². The van der Waals surface area contributed by atoms with Crippen LogP contribution in [0.2, 0.25) is 5.02 Å². The van der Waals surface area contributed by atoms with Gasteiger partial charge in [-0.2, -0.15) is 0 Å². The van der Waals surface area contributed by atoms with Crippen molar-refractivity contribution in [3.8, 4) is 0 Å². The van der Waals surface area contributed by atoms with Gasteiger partial charge in [-0.25, -0.2) is 4.39 Å². The molecule has 0 amide bonds. The number of nitrogens with two attached hydrogens (primary N) is 1. The van der Waals surface area contributed by atoms with Crippen molar-refractivity contribution in [2.45, 2.75) is 6.04 Å². The number of hydrogen-bond acceptors (Lipinski definition) is 2. The molecule has 1 aromatic rings. The first kappa shape index (κ1) is 11.2. The average Bonchev–Trinajstić information content (AvgIpc) is 2.34. The summed E-state index contributed by atoms with van der Waals surface area (Å²) < 4.78 is 12.0. The molecule has 0 fully saturated rings. The molecule has 11 heavy (non-hydrogen) atoms. The van der Waals surface area contributed by atoms with E-state index in [4.69, 9.17) is 17.3 Å². The van der Waals surface area contributed by atoms with Crippen LogP contribution in [0.4, 0.5) is 4.39 Å². The summed E-state index contributed by atoms with van der Waals surface area (Å²) in [4.78, 5) is 0.726. The Bertz CT molecular complexity index is 216. The molecule has 0 radical (unpaired) electrons. The fourth-order valence-corrected chi connectivity index (χ4v) is 1.82. The predicted octanol–water partition coefficient (Wildman–Crippen LogP) is 2.79. The summed E-state index contributed by atoms with van der Waals surface area (Å²) in [6.07, 6.45) is 0. The zero-order valence-corrected chi connectivity index (χ0v) is 7.98. The molecule has 0 aliphatic carbocycles. The Kier molecular flexibility index (Phi) is 5.01. The van der Waals surface area contributed by atoms with Crippen LogP contribution in [0.25, 0.3) is 0 Å². The zero-order chi connectivity index (χ0) is 7.56. The first-order valence-electron chi connectivity index (χ1n) is 2.80. The van der Waals surface area contributed by atoms with Gasteiger partial charge in [0.15, 0.2) is 0 Å². The van der Waals surface area contributed by atoms with E-state index in [0.29, 0.717) is 5.02 Å². The van der Waals surface area contributed by atoms with Crippen molar-refractivity contribution in [1.82, 2.24) is 0 Å². The molecule has 0 saturated heterocycles. The van der Waals surface area contributed by atoms with Crippen LogP contribution >= 0.6 is 35.3 Å². The molecule has 0 bridgehead atoms. The molecule has 2 N–H and O–H groups in total. The molecule has 1 aromatic heterocycles. The molecule has 1 nitrogen and oxygen atoms in total. The van der Waals surface area contributed by atoms with Gasteiger partial charge < -0.3 is 5.73 Å². The van der Waals surface area contributed by atoms with Gasteiger partial charge in [-0.05, 0) is 11.4 Å². The van der Waals surface area contributed by atoms with Crippen molar-refractivity contribution in [2.75, 3.05) is 6.67 Å². The summed E-state index contributed by atoms with van der Waals surface area (Å²) in [6, 6.07) is 1.17. The van der Waals surface area contributed by atoms with E-state index < -0.39 is 12.7 Å². The predicted molar refractivity (Wildman–Crippen MR) is 49.5 cm³/mol. The third-order valence-corrected chi connectivity index (χ3v) is 2.64. The molecular formula is C6H8Cl2FNS. The molecule has 1 rings (SSSR count). The van der Waals surface area contributed by atoms with Gasteiger partial charge in [0.1, 0.15) is 6.67 Å². The summed E-state index contributed by atoms with van der Waals surface area (Å²) in [6.45, 7) is -0.555. The highest BCUT2D eigenvalue weighted by Gasteiger charge is 2.09. The Morgan fingerprint density at radius 1 is 1.73 bits per heavy atom. The Balaban J connectivity index is 0.000001000. The molecule has 64 valence electrons. The summed E-state index contributed by atoms with van der Waals surface area (Å²) in [7, 11) is 0. The topological polar surface area (TPSA) is 26.0 Å². The van der Waals surface area contributed by atoms with E-state index in [-0.39, 0.29) is 12.4 Å². The first-order valence-corrected chi connectivity index (χ1v) is 4.06. The second-order valence-corrected chi connectivity index (χ2v) is 3.25. The highest BCUT2D eigenvalue weighted by Crippen LogP contribution is 2.27. The molecule has 0 aliphatic rings. The summed E-state index contributed by atoms with van der Waals surface area (Å²) in [5.74, 6) is 0. The van der Waals surface area contributed by atoms with E-state index in [1.807, 2.05) is 0 Å². The van der Waals surface area contributed by atoms with Crippen molar-refractivity contribution in [3.05, 3.63) is 21.3 Å². The lowest BCUT2D eigenvalue weighted by Crippen LogP contribution is -2.10. The van der Waals surface area contributed by atoms with Crippen LogP contribution in [0.5, 0.6) is 0 Å². The van der Waals surface area contributed by atoms with Gasteiger partial charge in [0.05, 0.1) is 11.1 Å². The van der Waals surface area contributed by atoms with Crippen molar-refractivity contribution in [1.29, 1.82) is 0 Å². The number of thiophene rings is 1. The highest BCUT2D eigenvalue weighted by atomic mass is 35.5. The van der Waals surface area contributed by atoms with Gasteiger partial charge in [-0.1, -0.05) is 11.6 Å². The Labute approximate surface area is 79.8 Å². The maximum Gasteiger partial charge on any atom is 0.110 e. The second kappa shape index (κ2) is 4.93. The van der Waals surface area contributed by atoms with E-state index in [9.17, 15) is 4.39 Å². The largest absolute Gasteiger partial charge is 0.321 e. The third-order valence-electron chi connectivity index (χ3n) is 1.15. The molecule has 1 heterocycles. The quantitative estimate of drug-likeness (QED) is 0.808. The van der Waals surface area contributed by atoms with Crippen LogP contribution in [0, 0.1) is 0 Å². The lowest BCUT2D eigenvalue weighted by atomic mass is 10.3. The van der Waals surface area contributed by atoms with Crippen LogP contribution in [-0.2, 0) is 0 Å². The summed E-state index contributed by atoms with van der Waals surface area (Å²) >= 11 is 7.06. The minimum absolute atomic E-state index is 0. The number of alkyl halides is 1. The molecule has 0 aromatic carbocycles. The van der Waals surface area contributed by atoms with E-state index >= 15 is 0 Å². The Morgan fingerprint density at radius 3 is 2.73 bits per heavy atom. The smallest absolute Gasteiger partial charge is 0.110 e. The monoisotopic (exact) mass is 215 g/mol. The zero-order valence-electron chi connectivity index (χ0n) is 5.59. The van der Waals surface area contributed by atoms with Gasteiger partial charge in [0, 0.05) is 4.88 Å². The number of hydrogen-bond donors (Lipinski definition) is 1. The molecule has 0 spiro atoms. The third kappa shape index (κ3) is 2.60. The number of halogens is 3. The normalized spacial score (nSPS) is 12.3. The Hall–Kier alpha value is 0.170. The van der Waals surface area contributed by atoms with Gasteiger partial charge in [-0.15, -0.1) is 23.7 Å². The minimum Gasteiger partial charge on any atom is -0.321 e. The molecule has 0 aliphatic heterocycles. The molecule has 1 atom stereocenters.